The molecule has 1 aromatic rings. The molecule has 5 heteroatoms. The van der Waals surface area contributed by atoms with Gasteiger partial charge in [-0.1, -0.05) is 13.8 Å². The Hall–Kier alpha value is -0.970. The third kappa shape index (κ3) is 4.07. The van der Waals surface area contributed by atoms with Gasteiger partial charge < -0.3 is 10.6 Å². The fourth-order valence-corrected chi connectivity index (χ4v) is 1.79. The molecule has 0 bridgehead atoms. The van der Waals surface area contributed by atoms with Gasteiger partial charge >= 0.3 is 0 Å². The number of rotatable bonds is 7. The van der Waals surface area contributed by atoms with Crippen LogP contribution in [-0.4, -0.2) is 34.6 Å². The monoisotopic (exact) mass is 254 g/mol. The molecule has 0 aliphatic rings. The van der Waals surface area contributed by atoms with E-state index in [-0.39, 0.29) is 0 Å². The summed E-state index contributed by atoms with van der Waals surface area (Å²) >= 11 is 1.85. The van der Waals surface area contributed by atoms with Crippen molar-refractivity contribution in [2.45, 2.75) is 32.4 Å². The highest BCUT2D eigenvalue weighted by molar-refractivity contribution is 7.99. The molecule has 0 spiro atoms. The quantitative estimate of drug-likeness (QED) is 0.783. The fraction of sp³-hybridized carbons (Fsp3) is 0.667. The van der Waals surface area contributed by atoms with Crippen LogP contribution >= 0.6 is 11.8 Å². The van der Waals surface area contributed by atoms with E-state index in [0.717, 1.165) is 31.1 Å². The maximum atomic E-state index is 4.33. The van der Waals surface area contributed by atoms with Crippen molar-refractivity contribution in [3.05, 3.63) is 11.9 Å². The van der Waals surface area contributed by atoms with Crippen LogP contribution in [0.25, 0.3) is 0 Å². The molecule has 1 unspecified atom stereocenters. The van der Waals surface area contributed by atoms with Crippen LogP contribution in [0.1, 0.15) is 26.3 Å². The van der Waals surface area contributed by atoms with E-state index in [1.165, 1.54) is 5.56 Å². The van der Waals surface area contributed by atoms with Gasteiger partial charge in [0.05, 0.1) is 0 Å². The first-order valence-electron chi connectivity index (χ1n) is 6.07. The summed E-state index contributed by atoms with van der Waals surface area (Å²) < 4.78 is 0. The Morgan fingerprint density at radius 2 is 1.88 bits per heavy atom. The van der Waals surface area contributed by atoms with Crippen molar-refractivity contribution in [1.29, 1.82) is 0 Å². The van der Waals surface area contributed by atoms with E-state index in [4.69, 9.17) is 0 Å². The van der Waals surface area contributed by atoms with Crippen LogP contribution in [0.3, 0.4) is 0 Å². The minimum Gasteiger partial charge on any atom is -0.370 e. The smallest absolute Gasteiger partial charge is 0.134 e. The van der Waals surface area contributed by atoms with Gasteiger partial charge in [0, 0.05) is 23.9 Å². The second-order valence-corrected chi connectivity index (χ2v) is 5.14. The molecular formula is C12H22N4S. The fourth-order valence-electron chi connectivity index (χ4n) is 1.54. The van der Waals surface area contributed by atoms with E-state index >= 15 is 0 Å². The van der Waals surface area contributed by atoms with Crippen LogP contribution in [0.5, 0.6) is 0 Å². The van der Waals surface area contributed by atoms with Crippen molar-refractivity contribution >= 4 is 23.4 Å². The van der Waals surface area contributed by atoms with E-state index in [1.807, 2.05) is 11.8 Å². The molecule has 96 valence electrons. The molecule has 0 aliphatic carbocycles. The predicted octanol–water partition coefficient (Wildman–Crippen LogP) is 2.63. The lowest BCUT2D eigenvalue weighted by Crippen LogP contribution is -2.16. The number of anilines is 2. The standard InChI is InChI=1S/C12H22N4S/c1-5-10-11(13-6-2)15-8-16-12(10)14-7-9(3)17-4/h8-9H,5-7H2,1-4H3,(H2,13,14,15,16). The van der Waals surface area contributed by atoms with E-state index in [0.29, 0.717) is 5.25 Å². The molecule has 0 aromatic carbocycles. The average molecular weight is 254 g/mol. The second kappa shape index (κ2) is 7.37. The number of aromatic nitrogens is 2. The molecule has 4 nitrogen and oxygen atoms in total. The van der Waals surface area contributed by atoms with Crippen molar-refractivity contribution < 1.29 is 0 Å². The number of hydrogen-bond acceptors (Lipinski definition) is 5. The Morgan fingerprint density at radius 1 is 1.24 bits per heavy atom. The zero-order chi connectivity index (χ0) is 12.7. The molecule has 0 saturated heterocycles. The van der Waals surface area contributed by atoms with Crippen LogP contribution < -0.4 is 10.6 Å². The molecule has 1 rings (SSSR count). The third-order valence-corrected chi connectivity index (χ3v) is 3.57. The Kier molecular flexibility index (Phi) is 6.11. The van der Waals surface area contributed by atoms with Gasteiger partial charge in [-0.2, -0.15) is 11.8 Å². The molecule has 1 heterocycles. The third-order valence-electron chi connectivity index (χ3n) is 2.60. The number of nitrogens with one attached hydrogen (secondary N) is 2. The molecule has 1 atom stereocenters. The molecule has 17 heavy (non-hydrogen) atoms. The van der Waals surface area contributed by atoms with E-state index in [2.05, 4.69) is 47.6 Å². The lowest BCUT2D eigenvalue weighted by Gasteiger charge is -2.15. The lowest BCUT2D eigenvalue weighted by atomic mass is 10.2. The van der Waals surface area contributed by atoms with Gasteiger partial charge in [0.1, 0.15) is 18.0 Å². The summed E-state index contributed by atoms with van der Waals surface area (Å²) in [6, 6.07) is 0. The molecule has 2 N–H and O–H groups in total. The van der Waals surface area contributed by atoms with E-state index in [9.17, 15) is 0 Å². The molecule has 0 fully saturated rings. The van der Waals surface area contributed by atoms with Crippen LogP contribution in [0.2, 0.25) is 0 Å². The largest absolute Gasteiger partial charge is 0.370 e. The summed E-state index contributed by atoms with van der Waals surface area (Å²) in [4.78, 5) is 8.61. The van der Waals surface area contributed by atoms with Crippen LogP contribution in [-0.2, 0) is 6.42 Å². The normalized spacial score (nSPS) is 12.2. The Morgan fingerprint density at radius 3 is 2.41 bits per heavy atom. The molecule has 0 aliphatic heterocycles. The topological polar surface area (TPSA) is 49.8 Å². The van der Waals surface area contributed by atoms with Gasteiger partial charge in [-0.3, -0.25) is 0 Å². The summed E-state index contributed by atoms with van der Waals surface area (Å²) in [5.74, 6) is 1.91. The molecule has 0 radical (unpaired) electrons. The number of thioether (sulfide) groups is 1. The highest BCUT2D eigenvalue weighted by Gasteiger charge is 2.09. The van der Waals surface area contributed by atoms with Crippen LogP contribution in [0.4, 0.5) is 11.6 Å². The summed E-state index contributed by atoms with van der Waals surface area (Å²) in [5.41, 5.74) is 1.17. The Bertz CT molecular complexity index is 343. The average Bonchev–Trinajstić information content (AvgIpc) is 2.36. The van der Waals surface area contributed by atoms with Gasteiger partial charge in [0.25, 0.3) is 0 Å². The zero-order valence-corrected chi connectivity index (χ0v) is 11.9. The van der Waals surface area contributed by atoms with Crippen LogP contribution in [0, 0.1) is 0 Å². The summed E-state index contributed by atoms with van der Waals surface area (Å²) in [7, 11) is 0. The molecular weight excluding hydrogens is 232 g/mol. The van der Waals surface area contributed by atoms with Gasteiger partial charge in [0.15, 0.2) is 0 Å². The van der Waals surface area contributed by atoms with Crippen molar-refractivity contribution in [2.75, 3.05) is 30.0 Å². The van der Waals surface area contributed by atoms with Crippen LogP contribution in [0.15, 0.2) is 6.33 Å². The second-order valence-electron chi connectivity index (χ2n) is 3.86. The van der Waals surface area contributed by atoms with E-state index in [1.54, 1.807) is 6.33 Å². The van der Waals surface area contributed by atoms with Crippen molar-refractivity contribution in [1.82, 2.24) is 9.97 Å². The Labute approximate surface area is 108 Å². The zero-order valence-electron chi connectivity index (χ0n) is 11.1. The lowest BCUT2D eigenvalue weighted by molar-refractivity contribution is 0.961. The highest BCUT2D eigenvalue weighted by Crippen LogP contribution is 2.20. The first-order valence-corrected chi connectivity index (χ1v) is 7.36. The van der Waals surface area contributed by atoms with Crippen molar-refractivity contribution in [3.8, 4) is 0 Å². The maximum absolute atomic E-state index is 4.33. The van der Waals surface area contributed by atoms with E-state index < -0.39 is 0 Å². The van der Waals surface area contributed by atoms with Gasteiger partial charge in [0.2, 0.25) is 0 Å². The molecule has 0 saturated carbocycles. The van der Waals surface area contributed by atoms with Gasteiger partial charge in [-0.05, 0) is 19.6 Å². The van der Waals surface area contributed by atoms with Gasteiger partial charge in [-0.25, -0.2) is 9.97 Å². The highest BCUT2D eigenvalue weighted by atomic mass is 32.2. The predicted molar refractivity (Wildman–Crippen MR) is 77.0 cm³/mol. The first-order chi connectivity index (χ1) is 8.22. The van der Waals surface area contributed by atoms with Crippen molar-refractivity contribution in [2.24, 2.45) is 0 Å². The summed E-state index contributed by atoms with van der Waals surface area (Å²) in [6.45, 7) is 8.21. The summed E-state index contributed by atoms with van der Waals surface area (Å²) in [6.07, 6.45) is 4.67. The number of hydrogen-bond donors (Lipinski definition) is 2. The maximum Gasteiger partial charge on any atom is 0.134 e. The SMILES string of the molecule is CCNc1ncnc(NCC(C)SC)c1CC. The molecule has 1 aromatic heterocycles. The number of nitrogens with zero attached hydrogens (tertiary/aromatic N) is 2. The minimum absolute atomic E-state index is 0.581. The minimum atomic E-state index is 0.581. The summed E-state index contributed by atoms with van der Waals surface area (Å²) in [5, 5.41) is 7.26. The van der Waals surface area contributed by atoms with Crippen molar-refractivity contribution in [3.63, 3.8) is 0 Å². The Balaban J connectivity index is 2.79. The van der Waals surface area contributed by atoms with Gasteiger partial charge in [-0.15, -0.1) is 0 Å². The first kappa shape index (κ1) is 14.1. The molecule has 0 amide bonds.